The minimum Gasteiger partial charge on any atom is -0.322 e. The first-order valence-electron chi connectivity index (χ1n) is 8.52. The average molecular weight is 303 g/mol. The first-order valence-corrected chi connectivity index (χ1v) is 8.52. The average Bonchev–Trinajstić information content (AvgIpc) is 2.55. The number of amides is 2. The summed E-state index contributed by atoms with van der Waals surface area (Å²) in [7, 11) is 0. The lowest BCUT2D eigenvalue weighted by Gasteiger charge is -2.34. The molecule has 1 unspecified atom stereocenters. The Morgan fingerprint density at radius 1 is 1.14 bits per heavy atom. The number of piperazine rings is 1. The summed E-state index contributed by atoms with van der Waals surface area (Å²) in [5.74, 6) is 0.566. The molecule has 1 aromatic rings. The maximum Gasteiger partial charge on any atom is 0.321 e. The summed E-state index contributed by atoms with van der Waals surface area (Å²) in [5.41, 5.74) is 2.21. The van der Waals surface area contributed by atoms with Gasteiger partial charge in [-0.3, -0.25) is 4.90 Å². The van der Waals surface area contributed by atoms with E-state index in [1.807, 2.05) is 17.0 Å². The van der Waals surface area contributed by atoms with Crippen LogP contribution in [0.2, 0.25) is 0 Å². The molecule has 0 aromatic heterocycles. The zero-order valence-electron chi connectivity index (χ0n) is 14.1. The lowest BCUT2D eigenvalue weighted by molar-refractivity contribution is 0.147. The zero-order valence-corrected chi connectivity index (χ0v) is 14.1. The van der Waals surface area contributed by atoms with Crippen LogP contribution in [0.25, 0.3) is 0 Å². The summed E-state index contributed by atoms with van der Waals surface area (Å²) in [6, 6.07) is 8.26. The van der Waals surface area contributed by atoms with Crippen molar-refractivity contribution in [1.29, 1.82) is 0 Å². The summed E-state index contributed by atoms with van der Waals surface area (Å²) in [4.78, 5) is 16.6. The van der Waals surface area contributed by atoms with Gasteiger partial charge in [-0.1, -0.05) is 32.9 Å². The number of anilines is 1. The van der Waals surface area contributed by atoms with E-state index in [0.717, 1.165) is 44.8 Å². The highest BCUT2D eigenvalue weighted by atomic mass is 16.2. The molecule has 1 aromatic carbocycles. The molecule has 2 amide bonds. The number of benzene rings is 1. The monoisotopic (exact) mass is 303 g/mol. The summed E-state index contributed by atoms with van der Waals surface area (Å²) in [5, 5.41) is 3.01. The van der Waals surface area contributed by atoms with Gasteiger partial charge in [-0.2, -0.15) is 0 Å². The molecule has 1 aliphatic heterocycles. The lowest BCUT2D eigenvalue weighted by Crippen LogP contribution is -2.50. The molecule has 122 valence electrons. The number of rotatable bonds is 5. The first-order chi connectivity index (χ1) is 10.6. The molecule has 0 spiro atoms. The van der Waals surface area contributed by atoms with Crippen molar-refractivity contribution in [3.8, 4) is 0 Å². The molecule has 4 heteroatoms. The molecule has 1 N–H and O–H groups in total. The minimum atomic E-state index is 0.0208. The van der Waals surface area contributed by atoms with Gasteiger partial charge in [0.1, 0.15) is 0 Å². The fraction of sp³-hybridized carbons (Fsp3) is 0.611. The Balaban J connectivity index is 1.84. The highest BCUT2D eigenvalue weighted by Crippen LogP contribution is 2.20. The van der Waals surface area contributed by atoms with Crippen LogP contribution in [-0.4, -0.2) is 48.6 Å². The SMILES string of the molecule is CCCN1CCN(C(=O)Nc2ccc(C(C)CC)cc2)CC1. The smallest absolute Gasteiger partial charge is 0.321 e. The van der Waals surface area contributed by atoms with Gasteiger partial charge >= 0.3 is 6.03 Å². The third kappa shape index (κ3) is 4.47. The third-order valence-corrected chi connectivity index (χ3v) is 4.54. The second kappa shape index (κ2) is 8.18. The molecule has 1 atom stereocenters. The summed E-state index contributed by atoms with van der Waals surface area (Å²) in [6.07, 6.45) is 2.31. The quantitative estimate of drug-likeness (QED) is 0.899. The summed E-state index contributed by atoms with van der Waals surface area (Å²) >= 11 is 0. The highest BCUT2D eigenvalue weighted by Gasteiger charge is 2.20. The van der Waals surface area contributed by atoms with Crippen LogP contribution >= 0.6 is 0 Å². The number of hydrogen-bond acceptors (Lipinski definition) is 2. The van der Waals surface area contributed by atoms with E-state index in [1.54, 1.807) is 0 Å². The van der Waals surface area contributed by atoms with Gasteiger partial charge in [0.2, 0.25) is 0 Å². The van der Waals surface area contributed by atoms with Gasteiger partial charge in [0.25, 0.3) is 0 Å². The van der Waals surface area contributed by atoms with Gasteiger partial charge in [0.05, 0.1) is 0 Å². The maximum atomic E-state index is 12.3. The number of carbonyl (C=O) groups excluding carboxylic acids is 1. The molecule has 22 heavy (non-hydrogen) atoms. The maximum absolute atomic E-state index is 12.3. The van der Waals surface area contributed by atoms with Crippen molar-refractivity contribution < 1.29 is 4.79 Å². The van der Waals surface area contributed by atoms with Crippen LogP contribution in [0.5, 0.6) is 0 Å². The van der Waals surface area contributed by atoms with Crippen molar-refractivity contribution in [3.63, 3.8) is 0 Å². The Labute approximate surface area is 134 Å². The number of urea groups is 1. The molecule has 4 nitrogen and oxygen atoms in total. The predicted molar refractivity (Wildman–Crippen MR) is 92.5 cm³/mol. The Morgan fingerprint density at radius 2 is 1.77 bits per heavy atom. The Bertz CT molecular complexity index is 464. The van der Waals surface area contributed by atoms with E-state index in [2.05, 4.69) is 43.1 Å². The molecule has 0 saturated carbocycles. The van der Waals surface area contributed by atoms with Crippen LogP contribution in [0.4, 0.5) is 10.5 Å². The number of carbonyl (C=O) groups is 1. The van der Waals surface area contributed by atoms with Gasteiger partial charge in [-0.05, 0) is 43.0 Å². The molecule has 1 fully saturated rings. The molecule has 0 aliphatic carbocycles. The minimum absolute atomic E-state index is 0.0208. The van der Waals surface area contributed by atoms with E-state index in [0.29, 0.717) is 5.92 Å². The van der Waals surface area contributed by atoms with Crippen molar-refractivity contribution in [2.45, 2.75) is 39.5 Å². The lowest BCUT2D eigenvalue weighted by atomic mass is 9.99. The van der Waals surface area contributed by atoms with Crippen molar-refractivity contribution in [3.05, 3.63) is 29.8 Å². The Hall–Kier alpha value is -1.55. The molecular formula is C18H29N3O. The predicted octanol–water partition coefficient (Wildman–Crippen LogP) is 3.76. The van der Waals surface area contributed by atoms with Crippen LogP contribution in [0, 0.1) is 0 Å². The molecule has 0 bridgehead atoms. The number of hydrogen-bond donors (Lipinski definition) is 1. The largest absolute Gasteiger partial charge is 0.322 e. The Morgan fingerprint density at radius 3 is 2.32 bits per heavy atom. The van der Waals surface area contributed by atoms with E-state index in [9.17, 15) is 4.79 Å². The third-order valence-electron chi connectivity index (χ3n) is 4.54. The van der Waals surface area contributed by atoms with E-state index >= 15 is 0 Å². The van der Waals surface area contributed by atoms with Crippen molar-refractivity contribution >= 4 is 11.7 Å². The first kappa shape index (κ1) is 16.8. The van der Waals surface area contributed by atoms with Gasteiger partial charge in [0, 0.05) is 31.9 Å². The van der Waals surface area contributed by atoms with Crippen LogP contribution < -0.4 is 5.32 Å². The molecule has 1 heterocycles. The van der Waals surface area contributed by atoms with E-state index in [-0.39, 0.29) is 6.03 Å². The molecule has 2 rings (SSSR count). The van der Waals surface area contributed by atoms with E-state index < -0.39 is 0 Å². The van der Waals surface area contributed by atoms with Crippen LogP contribution in [0.15, 0.2) is 24.3 Å². The summed E-state index contributed by atoms with van der Waals surface area (Å²) in [6.45, 7) is 11.3. The second-order valence-electron chi connectivity index (χ2n) is 6.19. The summed E-state index contributed by atoms with van der Waals surface area (Å²) < 4.78 is 0. The van der Waals surface area contributed by atoms with Crippen LogP contribution in [-0.2, 0) is 0 Å². The van der Waals surface area contributed by atoms with Crippen molar-refractivity contribution in [2.24, 2.45) is 0 Å². The fourth-order valence-electron chi connectivity index (χ4n) is 2.82. The topological polar surface area (TPSA) is 35.6 Å². The van der Waals surface area contributed by atoms with Crippen molar-refractivity contribution in [1.82, 2.24) is 9.80 Å². The molecule has 1 saturated heterocycles. The number of nitrogens with zero attached hydrogens (tertiary/aromatic N) is 2. The second-order valence-corrected chi connectivity index (χ2v) is 6.19. The standard InChI is InChI=1S/C18H29N3O/c1-4-10-20-11-13-21(14-12-20)18(22)19-17-8-6-16(7-9-17)15(3)5-2/h6-9,15H,4-5,10-14H2,1-3H3,(H,19,22). The number of nitrogens with one attached hydrogen (secondary N) is 1. The molecular weight excluding hydrogens is 274 g/mol. The molecule has 1 aliphatic rings. The normalized spacial score (nSPS) is 17.3. The Kier molecular flexibility index (Phi) is 6.25. The highest BCUT2D eigenvalue weighted by molar-refractivity contribution is 5.89. The van der Waals surface area contributed by atoms with E-state index in [1.165, 1.54) is 12.0 Å². The van der Waals surface area contributed by atoms with Gasteiger partial charge in [-0.25, -0.2) is 4.79 Å². The van der Waals surface area contributed by atoms with Crippen LogP contribution in [0.1, 0.15) is 45.1 Å². The molecule has 0 radical (unpaired) electrons. The van der Waals surface area contributed by atoms with Crippen LogP contribution in [0.3, 0.4) is 0 Å². The zero-order chi connectivity index (χ0) is 15.9. The fourth-order valence-corrected chi connectivity index (χ4v) is 2.82. The van der Waals surface area contributed by atoms with Gasteiger partial charge < -0.3 is 10.2 Å². The van der Waals surface area contributed by atoms with Crippen molar-refractivity contribution in [2.75, 3.05) is 38.0 Å². The van der Waals surface area contributed by atoms with Gasteiger partial charge in [0.15, 0.2) is 0 Å². The van der Waals surface area contributed by atoms with Gasteiger partial charge in [-0.15, -0.1) is 0 Å². The van der Waals surface area contributed by atoms with E-state index in [4.69, 9.17) is 0 Å².